The number of nitrogens with one attached hydrogen (secondary N) is 1. The van der Waals surface area contributed by atoms with E-state index in [2.05, 4.69) is 29.2 Å². The fourth-order valence-electron chi connectivity index (χ4n) is 2.24. The van der Waals surface area contributed by atoms with Gasteiger partial charge in [0.25, 0.3) is 0 Å². The van der Waals surface area contributed by atoms with Crippen molar-refractivity contribution in [3.8, 4) is 0 Å². The number of aromatic nitrogens is 1. The normalized spacial score (nSPS) is 24.2. The number of hydrazine groups is 1. The summed E-state index contributed by atoms with van der Waals surface area (Å²) in [7, 11) is 0. The topological polar surface area (TPSA) is 54.2 Å². The number of hydrogen-bond donors (Lipinski definition) is 2. The largest absolute Gasteiger partial charge is 0.355 e. The predicted molar refractivity (Wildman–Crippen MR) is 77.2 cm³/mol. The Bertz CT molecular complexity index is 438. The summed E-state index contributed by atoms with van der Waals surface area (Å²) < 4.78 is 0. The maximum absolute atomic E-state index is 6.22. The third-order valence-corrected chi connectivity index (χ3v) is 4.25. The Kier molecular flexibility index (Phi) is 4.20. The summed E-state index contributed by atoms with van der Waals surface area (Å²) in [4.78, 5) is 6.60. The average molecular weight is 289 g/mol. The monoisotopic (exact) mass is 288 g/mol. The number of piperidine rings is 1. The van der Waals surface area contributed by atoms with Crippen LogP contribution < -0.4 is 16.2 Å². The van der Waals surface area contributed by atoms with Crippen molar-refractivity contribution in [3.05, 3.63) is 16.1 Å². The quantitative estimate of drug-likeness (QED) is 0.648. The van der Waals surface area contributed by atoms with E-state index >= 15 is 0 Å². The van der Waals surface area contributed by atoms with Gasteiger partial charge in [0.2, 0.25) is 0 Å². The molecule has 1 aromatic rings. The number of hydrogen-bond acceptors (Lipinski definition) is 4. The summed E-state index contributed by atoms with van der Waals surface area (Å²) in [6, 6.07) is 1.68. The molecule has 3 N–H and O–H groups in total. The lowest BCUT2D eigenvalue weighted by Gasteiger charge is -2.36. The summed E-state index contributed by atoms with van der Waals surface area (Å²) >= 11 is 12.2. The predicted octanol–water partition coefficient (Wildman–Crippen LogP) is 3.16. The van der Waals surface area contributed by atoms with E-state index in [9.17, 15) is 0 Å². The van der Waals surface area contributed by atoms with Crippen LogP contribution in [0.15, 0.2) is 6.07 Å². The molecule has 0 aromatic carbocycles. The molecule has 1 saturated heterocycles. The lowest BCUT2D eigenvalue weighted by molar-refractivity contribution is 0.323. The molecule has 0 bridgehead atoms. The molecule has 1 fully saturated rings. The van der Waals surface area contributed by atoms with E-state index in [1.807, 2.05) is 0 Å². The van der Waals surface area contributed by atoms with Crippen molar-refractivity contribution in [1.29, 1.82) is 0 Å². The van der Waals surface area contributed by atoms with E-state index < -0.39 is 0 Å². The molecule has 2 unspecified atom stereocenters. The molecule has 1 aromatic heterocycles. The van der Waals surface area contributed by atoms with Crippen molar-refractivity contribution in [3.63, 3.8) is 0 Å². The lowest BCUT2D eigenvalue weighted by Crippen LogP contribution is -2.39. The van der Waals surface area contributed by atoms with Crippen molar-refractivity contribution in [1.82, 2.24) is 4.98 Å². The Hall–Kier alpha value is -0.710. The molecular formula is C12H18Cl2N4. The van der Waals surface area contributed by atoms with Crippen LogP contribution >= 0.6 is 23.2 Å². The standard InChI is InChI=1S/C12H18Cl2N4/c1-7-3-4-18(6-8(7)2)12-10(14)5-9(13)11(16-12)17-15/h5,7-8H,3-4,6,15H2,1-2H3,(H,16,17). The number of nitrogens with zero attached hydrogens (tertiary/aromatic N) is 2. The van der Waals surface area contributed by atoms with Crippen molar-refractivity contribution >= 4 is 34.8 Å². The third kappa shape index (κ3) is 2.66. The highest BCUT2D eigenvalue weighted by molar-refractivity contribution is 6.37. The van der Waals surface area contributed by atoms with Crippen molar-refractivity contribution in [2.75, 3.05) is 23.4 Å². The van der Waals surface area contributed by atoms with Crippen molar-refractivity contribution in [2.24, 2.45) is 17.7 Å². The summed E-state index contributed by atoms with van der Waals surface area (Å²) in [6.45, 7) is 6.46. The minimum Gasteiger partial charge on any atom is -0.355 e. The van der Waals surface area contributed by atoms with Crippen LogP contribution in [0.2, 0.25) is 10.0 Å². The van der Waals surface area contributed by atoms with Crippen LogP contribution in [-0.4, -0.2) is 18.1 Å². The average Bonchev–Trinajstić information content (AvgIpc) is 2.33. The highest BCUT2D eigenvalue weighted by atomic mass is 35.5. The Morgan fingerprint density at radius 2 is 2.06 bits per heavy atom. The van der Waals surface area contributed by atoms with Crippen molar-refractivity contribution < 1.29 is 0 Å². The summed E-state index contributed by atoms with van der Waals surface area (Å²) in [6.07, 6.45) is 1.15. The number of anilines is 2. The zero-order valence-electron chi connectivity index (χ0n) is 10.6. The summed E-state index contributed by atoms with van der Waals surface area (Å²) in [5.74, 6) is 7.97. The zero-order chi connectivity index (χ0) is 13.3. The Morgan fingerprint density at radius 3 is 2.67 bits per heavy atom. The van der Waals surface area contributed by atoms with Gasteiger partial charge in [-0.25, -0.2) is 10.8 Å². The van der Waals surface area contributed by atoms with Gasteiger partial charge in [0, 0.05) is 13.1 Å². The molecule has 0 amide bonds. The Labute approximate surface area is 117 Å². The molecule has 4 nitrogen and oxygen atoms in total. The second-order valence-corrected chi connectivity index (χ2v) is 5.77. The van der Waals surface area contributed by atoms with Crippen LogP contribution in [0, 0.1) is 11.8 Å². The van der Waals surface area contributed by atoms with Gasteiger partial charge in [-0.3, -0.25) is 0 Å². The molecular weight excluding hydrogens is 271 g/mol. The van der Waals surface area contributed by atoms with Crippen LogP contribution in [0.4, 0.5) is 11.6 Å². The molecule has 1 aliphatic heterocycles. The summed E-state index contributed by atoms with van der Waals surface area (Å²) in [5.41, 5.74) is 2.49. The first-order chi connectivity index (χ1) is 8.52. The minimum atomic E-state index is 0.435. The maximum Gasteiger partial charge on any atom is 0.161 e. The van der Waals surface area contributed by atoms with E-state index in [4.69, 9.17) is 29.0 Å². The van der Waals surface area contributed by atoms with Gasteiger partial charge < -0.3 is 10.3 Å². The number of pyridine rings is 1. The van der Waals surface area contributed by atoms with E-state index in [1.54, 1.807) is 6.07 Å². The fraction of sp³-hybridized carbons (Fsp3) is 0.583. The maximum atomic E-state index is 6.22. The highest BCUT2D eigenvalue weighted by Crippen LogP contribution is 2.34. The van der Waals surface area contributed by atoms with Gasteiger partial charge in [0.1, 0.15) is 5.82 Å². The first kappa shape index (κ1) is 13.7. The van der Waals surface area contributed by atoms with Crippen LogP contribution in [0.1, 0.15) is 20.3 Å². The first-order valence-corrected chi connectivity index (χ1v) is 6.86. The van der Waals surface area contributed by atoms with E-state index in [0.29, 0.717) is 21.8 Å². The highest BCUT2D eigenvalue weighted by Gasteiger charge is 2.25. The van der Waals surface area contributed by atoms with Gasteiger partial charge >= 0.3 is 0 Å². The summed E-state index contributed by atoms with van der Waals surface area (Å²) in [5, 5.41) is 1.01. The van der Waals surface area contributed by atoms with Crippen molar-refractivity contribution in [2.45, 2.75) is 20.3 Å². The van der Waals surface area contributed by atoms with Gasteiger partial charge in [-0.1, -0.05) is 37.0 Å². The van der Waals surface area contributed by atoms with Gasteiger partial charge in [-0.05, 0) is 24.3 Å². The smallest absolute Gasteiger partial charge is 0.161 e. The van der Waals surface area contributed by atoms with Crippen LogP contribution in [0.25, 0.3) is 0 Å². The fourth-order valence-corrected chi connectivity index (χ4v) is 2.77. The van der Waals surface area contributed by atoms with E-state index in [1.165, 1.54) is 0 Å². The number of halogens is 2. The van der Waals surface area contributed by atoms with Crippen LogP contribution in [0.3, 0.4) is 0 Å². The molecule has 100 valence electrons. The van der Waals surface area contributed by atoms with Gasteiger partial charge in [-0.15, -0.1) is 0 Å². The van der Waals surface area contributed by atoms with Gasteiger partial charge in [0.05, 0.1) is 10.0 Å². The van der Waals surface area contributed by atoms with E-state index in [-0.39, 0.29) is 0 Å². The van der Waals surface area contributed by atoms with E-state index in [0.717, 1.165) is 31.2 Å². The second-order valence-electron chi connectivity index (χ2n) is 4.96. The minimum absolute atomic E-state index is 0.435. The third-order valence-electron chi connectivity index (χ3n) is 3.68. The van der Waals surface area contributed by atoms with Crippen LogP contribution in [-0.2, 0) is 0 Å². The van der Waals surface area contributed by atoms with Gasteiger partial charge in [-0.2, -0.15) is 0 Å². The molecule has 0 spiro atoms. The SMILES string of the molecule is CC1CCN(c2nc(NN)c(Cl)cc2Cl)CC1C. The molecule has 2 atom stereocenters. The molecule has 2 heterocycles. The Balaban J connectivity index is 2.28. The lowest BCUT2D eigenvalue weighted by atomic mass is 9.89. The molecule has 0 saturated carbocycles. The molecule has 2 rings (SSSR count). The Morgan fingerprint density at radius 1 is 1.33 bits per heavy atom. The zero-order valence-corrected chi connectivity index (χ0v) is 12.1. The molecule has 18 heavy (non-hydrogen) atoms. The number of nitrogen functional groups attached to an aromatic ring is 1. The number of nitrogens with two attached hydrogens (primary N) is 1. The molecule has 0 radical (unpaired) electrons. The van der Waals surface area contributed by atoms with Gasteiger partial charge in [0.15, 0.2) is 5.82 Å². The van der Waals surface area contributed by atoms with Crippen LogP contribution in [0.5, 0.6) is 0 Å². The molecule has 6 heteroatoms. The molecule has 1 aliphatic rings. The second kappa shape index (κ2) is 5.51. The number of rotatable bonds is 2. The molecule has 0 aliphatic carbocycles. The first-order valence-electron chi connectivity index (χ1n) is 6.10.